The predicted octanol–water partition coefficient (Wildman–Crippen LogP) is 4.32. The van der Waals surface area contributed by atoms with Gasteiger partial charge in [-0.05, 0) is 24.3 Å². The summed E-state index contributed by atoms with van der Waals surface area (Å²) in [5, 5.41) is 17.8. The summed E-state index contributed by atoms with van der Waals surface area (Å²) in [6.45, 7) is 2.46. The van der Waals surface area contributed by atoms with Gasteiger partial charge in [-0.3, -0.25) is 0 Å². The van der Waals surface area contributed by atoms with Crippen LogP contribution in [0.3, 0.4) is 0 Å². The molecule has 10 heteroatoms. The standard InChI is InChI=1S/C24H21F2N7O/c1-15-28-13-20(34-15)17-9-18(11-27)22(19(10-17)16-3-4-21(25)29-12-16)33-7-5-24(26,6-8-33)23-31-30-14-32(23)2/h3-4,9-10,12-14H,5-8H2,1-2H3. The average Bonchev–Trinajstić information content (AvgIpc) is 3.48. The third kappa shape index (κ3) is 3.79. The van der Waals surface area contributed by atoms with E-state index in [1.165, 1.54) is 18.6 Å². The fourth-order valence-electron chi connectivity index (χ4n) is 4.45. The quantitative estimate of drug-likeness (QED) is 0.418. The maximum atomic E-state index is 15.7. The van der Waals surface area contributed by atoms with Gasteiger partial charge >= 0.3 is 0 Å². The molecule has 5 rings (SSSR count). The van der Waals surface area contributed by atoms with Crippen molar-refractivity contribution < 1.29 is 13.2 Å². The largest absolute Gasteiger partial charge is 0.441 e. The van der Waals surface area contributed by atoms with Crippen molar-refractivity contribution in [3.05, 3.63) is 66.2 Å². The van der Waals surface area contributed by atoms with E-state index < -0.39 is 11.6 Å². The summed E-state index contributed by atoms with van der Waals surface area (Å²) in [7, 11) is 1.72. The minimum absolute atomic E-state index is 0.189. The van der Waals surface area contributed by atoms with Crippen LogP contribution in [0, 0.1) is 24.2 Å². The molecule has 1 aliphatic rings. The van der Waals surface area contributed by atoms with Crippen LogP contribution in [0.1, 0.15) is 30.1 Å². The molecule has 8 nitrogen and oxygen atoms in total. The highest BCUT2D eigenvalue weighted by molar-refractivity contribution is 5.87. The molecule has 3 aromatic heterocycles. The summed E-state index contributed by atoms with van der Waals surface area (Å²) in [6, 6.07) is 8.75. The second-order valence-corrected chi connectivity index (χ2v) is 8.36. The summed E-state index contributed by atoms with van der Waals surface area (Å²) >= 11 is 0. The Morgan fingerprint density at radius 3 is 2.50 bits per heavy atom. The number of hydrogen-bond acceptors (Lipinski definition) is 7. The van der Waals surface area contributed by atoms with E-state index in [-0.39, 0.29) is 12.8 Å². The van der Waals surface area contributed by atoms with Crippen LogP contribution in [-0.4, -0.2) is 37.8 Å². The maximum absolute atomic E-state index is 15.7. The molecule has 0 spiro atoms. The molecular weight excluding hydrogens is 440 g/mol. The van der Waals surface area contributed by atoms with Gasteiger partial charge in [0.25, 0.3) is 0 Å². The molecule has 1 aromatic carbocycles. The second-order valence-electron chi connectivity index (χ2n) is 8.36. The molecule has 0 aliphatic carbocycles. The number of hydrogen-bond donors (Lipinski definition) is 0. The van der Waals surface area contributed by atoms with Gasteiger partial charge in [0, 0.05) is 62.8 Å². The second kappa shape index (κ2) is 8.33. The van der Waals surface area contributed by atoms with E-state index in [0.717, 1.165) is 0 Å². The monoisotopic (exact) mass is 461 g/mol. The van der Waals surface area contributed by atoms with Gasteiger partial charge in [-0.25, -0.2) is 14.4 Å². The number of rotatable bonds is 4. The summed E-state index contributed by atoms with van der Waals surface area (Å²) < 4.78 is 36.6. The summed E-state index contributed by atoms with van der Waals surface area (Å²) in [4.78, 5) is 9.92. The van der Waals surface area contributed by atoms with Crippen LogP contribution in [0.25, 0.3) is 22.5 Å². The lowest BCUT2D eigenvalue weighted by atomic mass is 9.90. The smallest absolute Gasteiger partial charge is 0.212 e. The Labute approximate surface area is 194 Å². The van der Waals surface area contributed by atoms with Crippen molar-refractivity contribution in [1.29, 1.82) is 5.26 Å². The topological polar surface area (TPSA) is 96.7 Å². The maximum Gasteiger partial charge on any atom is 0.212 e. The number of nitrogens with zero attached hydrogens (tertiary/aromatic N) is 7. The highest BCUT2D eigenvalue weighted by Gasteiger charge is 2.41. The first-order valence-corrected chi connectivity index (χ1v) is 10.8. The number of oxazole rings is 1. The van der Waals surface area contributed by atoms with E-state index in [2.05, 4.69) is 26.2 Å². The number of pyridine rings is 1. The number of alkyl halides is 1. The summed E-state index contributed by atoms with van der Waals surface area (Å²) in [5.41, 5.74) is 1.42. The summed E-state index contributed by atoms with van der Waals surface area (Å²) in [6.07, 6.45) is 4.88. The van der Waals surface area contributed by atoms with Crippen molar-refractivity contribution in [3.8, 4) is 28.5 Å². The van der Waals surface area contributed by atoms with E-state index in [1.54, 1.807) is 36.9 Å². The Hall–Kier alpha value is -4.13. The molecule has 0 bridgehead atoms. The Bertz CT molecular complexity index is 1380. The van der Waals surface area contributed by atoms with Gasteiger partial charge < -0.3 is 13.9 Å². The fourth-order valence-corrected chi connectivity index (χ4v) is 4.45. The van der Waals surface area contributed by atoms with Crippen LogP contribution >= 0.6 is 0 Å². The van der Waals surface area contributed by atoms with E-state index in [9.17, 15) is 9.65 Å². The molecule has 34 heavy (non-hydrogen) atoms. The van der Waals surface area contributed by atoms with Gasteiger partial charge in [-0.1, -0.05) is 0 Å². The fraction of sp³-hybridized carbons (Fsp3) is 0.292. The molecule has 1 fully saturated rings. The van der Waals surface area contributed by atoms with Crippen LogP contribution in [0.2, 0.25) is 0 Å². The van der Waals surface area contributed by atoms with Crippen molar-refractivity contribution in [3.63, 3.8) is 0 Å². The molecule has 4 heterocycles. The third-order valence-electron chi connectivity index (χ3n) is 6.16. The molecule has 4 aromatic rings. The van der Waals surface area contributed by atoms with Gasteiger partial charge in [0.05, 0.1) is 17.4 Å². The minimum Gasteiger partial charge on any atom is -0.441 e. The zero-order valence-electron chi connectivity index (χ0n) is 18.7. The lowest BCUT2D eigenvalue weighted by Crippen LogP contribution is -2.42. The third-order valence-corrected chi connectivity index (χ3v) is 6.16. The van der Waals surface area contributed by atoms with Crippen LogP contribution in [0.4, 0.5) is 14.5 Å². The van der Waals surface area contributed by atoms with Crippen molar-refractivity contribution >= 4 is 5.69 Å². The first-order valence-electron chi connectivity index (χ1n) is 10.8. The normalized spacial score (nSPS) is 15.3. The van der Waals surface area contributed by atoms with Gasteiger partial charge in [0.1, 0.15) is 12.4 Å². The van der Waals surface area contributed by atoms with Crippen molar-refractivity contribution in [1.82, 2.24) is 24.7 Å². The Balaban J connectivity index is 1.58. The molecule has 172 valence electrons. The predicted molar refractivity (Wildman–Crippen MR) is 120 cm³/mol. The van der Waals surface area contributed by atoms with Crippen molar-refractivity contribution in [2.45, 2.75) is 25.4 Å². The zero-order valence-corrected chi connectivity index (χ0v) is 18.7. The first-order chi connectivity index (χ1) is 16.4. The Morgan fingerprint density at radius 1 is 1.12 bits per heavy atom. The molecule has 0 unspecified atom stereocenters. The van der Waals surface area contributed by atoms with E-state index >= 15 is 4.39 Å². The minimum atomic E-state index is -1.61. The van der Waals surface area contributed by atoms with Crippen molar-refractivity contribution in [2.24, 2.45) is 7.05 Å². The lowest BCUT2D eigenvalue weighted by Gasteiger charge is -2.38. The van der Waals surface area contributed by atoms with E-state index in [0.29, 0.717) is 58.5 Å². The number of halogens is 2. The molecule has 0 atom stereocenters. The summed E-state index contributed by atoms with van der Waals surface area (Å²) in [5.74, 6) is 0.714. The van der Waals surface area contributed by atoms with Crippen LogP contribution in [0.15, 0.2) is 47.4 Å². The van der Waals surface area contributed by atoms with E-state index in [1.807, 2.05) is 11.0 Å². The van der Waals surface area contributed by atoms with Gasteiger partial charge in [-0.15, -0.1) is 10.2 Å². The average molecular weight is 461 g/mol. The molecule has 0 N–H and O–H groups in total. The Morgan fingerprint density at radius 2 is 1.91 bits per heavy atom. The number of aryl methyl sites for hydroxylation is 2. The van der Waals surface area contributed by atoms with Crippen LogP contribution < -0.4 is 4.90 Å². The van der Waals surface area contributed by atoms with Gasteiger partial charge in [0.2, 0.25) is 5.95 Å². The van der Waals surface area contributed by atoms with E-state index in [4.69, 9.17) is 4.42 Å². The number of piperidine rings is 1. The Kier molecular flexibility index (Phi) is 5.32. The molecule has 0 amide bonds. The molecule has 0 saturated carbocycles. The molecule has 1 aliphatic heterocycles. The zero-order chi connectivity index (χ0) is 23.9. The molecule has 1 saturated heterocycles. The van der Waals surface area contributed by atoms with Crippen molar-refractivity contribution in [2.75, 3.05) is 18.0 Å². The first kappa shape index (κ1) is 21.7. The molecular formula is C24H21F2N7O. The van der Waals surface area contributed by atoms with Gasteiger partial charge in [-0.2, -0.15) is 9.65 Å². The lowest BCUT2D eigenvalue weighted by molar-refractivity contribution is 0.109. The molecule has 0 radical (unpaired) electrons. The van der Waals surface area contributed by atoms with Crippen LogP contribution in [-0.2, 0) is 12.7 Å². The highest BCUT2D eigenvalue weighted by Crippen LogP contribution is 2.42. The van der Waals surface area contributed by atoms with Crippen LogP contribution in [0.5, 0.6) is 0 Å². The van der Waals surface area contributed by atoms with Gasteiger partial charge in [0.15, 0.2) is 23.1 Å². The number of aromatic nitrogens is 5. The number of anilines is 1. The SMILES string of the molecule is Cc1ncc(-c2cc(C#N)c(N3CCC(F)(c4nncn4C)CC3)c(-c3ccc(F)nc3)c2)o1. The highest BCUT2D eigenvalue weighted by atomic mass is 19.1. The number of benzene rings is 1. The number of nitriles is 1.